The van der Waals surface area contributed by atoms with E-state index in [1.54, 1.807) is 12.1 Å². The molecule has 122 valence electrons. The molecule has 3 rings (SSSR count). The first-order valence-electron chi connectivity index (χ1n) is 8.07. The molecule has 3 atom stereocenters. The van der Waals surface area contributed by atoms with E-state index in [9.17, 15) is 14.4 Å². The molecule has 1 aromatic rings. The highest BCUT2D eigenvalue weighted by molar-refractivity contribution is 6.05. The summed E-state index contributed by atoms with van der Waals surface area (Å²) in [7, 11) is 0. The highest BCUT2D eigenvalue weighted by atomic mass is 16.5. The Morgan fingerprint density at radius 2 is 1.83 bits per heavy atom. The monoisotopic (exact) mass is 315 g/mol. The van der Waals surface area contributed by atoms with Crippen molar-refractivity contribution < 1.29 is 19.1 Å². The van der Waals surface area contributed by atoms with Gasteiger partial charge in [-0.1, -0.05) is 17.7 Å². The van der Waals surface area contributed by atoms with Gasteiger partial charge in [0.05, 0.1) is 0 Å². The Labute approximate surface area is 135 Å². The maximum atomic E-state index is 12.7. The van der Waals surface area contributed by atoms with E-state index in [1.165, 1.54) is 11.8 Å². The van der Waals surface area contributed by atoms with Gasteiger partial charge < -0.3 is 4.74 Å². The lowest BCUT2D eigenvalue weighted by molar-refractivity contribution is -0.152. The average Bonchev–Trinajstić information content (AvgIpc) is 2.91. The zero-order chi connectivity index (χ0) is 16.6. The van der Waals surface area contributed by atoms with Crippen molar-refractivity contribution in [2.75, 3.05) is 6.54 Å². The zero-order valence-electron chi connectivity index (χ0n) is 13.5. The third-order valence-corrected chi connectivity index (χ3v) is 4.89. The van der Waals surface area contributed by atoms with Gasteiger partial charge in [-0.3, -0.25) is 19.3 Å². The Bertz CT molecular complexity index is 637. The molecule has 0 N–H and O–H groups in total. The van der Waals surface area contributed by atoms with Gasteiger partial charge in [0.25, 0.3) is 5.91 Å². The number of carbonyl (C=O) groups is 3. The Hall–Kier alpha value is -2.17. The molecule has 2 amide bonds. The van der Waals surface area contributed by atoms with E-state index in [2.05, 4.69) is 0 Å². The number of piperidine rings is 1. The largest absolute Gasteiger partial charge is 0.462 e. The third kappa shape index (κ3) is 3.00. The summed E-state index contributed by atoms with van der Waals surface area (Å²) in [6.45, 7) is 3.74. The minimum absolute atomic E-state index is 0.0495. The quantitative estimate of drug-likeness (QED) is 0.620. The van der Waals surface area contributed by atoms with Crippen molar-refractivity contribution in [3.05, 3.63) is 35.4 Å². The van der Waals surface area contributed by atoms with E-state index in [1.807, 2.05) is 19.1 Å². The van der Waals surface area contributed by atoms with Crippen LogP contribution in [0.25, 0.3) is 0 Å². The topological polar surface area (TPSA) is 63.7 Å². The molecule has 0 aromatic heterocycles. The summed E-state index contributed by atoms with van der Waals surface area (Å²) in [6, 6.07) is 7.26. The van der Waals surface area contributed by atoms with Gasteiger partial charge >= 0.3 is 5.97 Å². The molecular weight excluding hydrogens is 294 g/mol. The first-order chi connectivity index (χ1) is 11.0. The summed E-state index contributed by atoms with van der Waals surface area (Å²) in [5.41, 5.74) is 1.61. The molecule has 0 spiro atoms. The van der Waals surface area contributed by atoms with Gasteiger partial charge in [-0.25, -0.2) is 0 Å². The van der Waals surface area contributed by atoms with E-state index in [4.69, 9.17) is 4.74 Å². The summed E-state index contributed by atoms with van der Waals surface area (Å²) in [5, 5.41) is 0. The highest BCUT2D eigenvalue weighted by Crippen LogP contribution is 2.40. The SMILES string of the molecule is CC(=O)OC1CCC2C(=O)N(C(=O)c3ccc(C)cc3)CCC12. The predicted molar refractivity (Wildman–Crippen MR) is 83.6 cm³/mol. The first-order valence-corrected chi connectivity index (χ1v) is 8.07. The van der Waals surface area contributed by atoms with Gasteiger partial charge in [0.15, 0.2) is 0 Å². The number of amides is 2. The highest BCUT2D eigenvalue weighted by Gasteiger charge is 2.47. The van der Waals surface area contributed by atoms with Crippen LogP contribution in [0.3, 0.4) is 0 Å². The van der Waals surface area contributed by atoms with Gasteiger partial charge in [-0.05, 0) is 38.3 Å². The van der Waals surface area contributed by atoms with Gasteiger partial charge in [0, 0.05) is 30.9 Å². The smallest absolute Gasteiger partial charge is 0.302 e. The molecule has 2 fully saturated rings. The van der Waals surface area contributed by atoms with Crippen LogP contribution in [0.1, 0.15) is 42.1 Å². The fraction of sp³-hybridized carbons (Fsp3) is 0.500. The number of nitrogens with zero attached hydrogens (tertiary/aromatic N) is 1. The number of hydrogen-bond donors (Lipinski definition) is 0. The minimum Gasteiger partial charge on any atom is -0.462 e. The molecule has 5 heteroatoms. The van der Waals surface area contributed by atoms with E-state index >= 15 is 0 Å². The summed E-state index contributed by atoms with van der Waals surface area (Å²) in [5.74, 6) is -0.817. The standard InChI is InChI=1S/C18H21NO4/c1-11-3-5-13(6-4-11)17(21)19-10-9-14-15(18(19)22)7-8-16(14)23-12(2)20/h3-6,14-16H,7-10H2,1-2H3. The van der Waals surface area contributed by atoms with Crippen LogP contribution in [0, 0.1) is 18.8 Å². The predicted octanol–water partition coefficient (Wildman–Crippen LogP) is 2.33. The molecule has 2 aliphatic rings. The number of likely N-dealkylation sites (tertiary alicyclic amines) is 1. The fourth-order valence-corrected chi connectivity index (χ4v) is 3.73. The number of fused-ring (bicyclic) bond motifs is 1. The van der Waals surface area contributed by atoms with Crippen LogP contribution in [-0.4, -0.2) is 35.3 Å². The Balaban J connectivity index is 1.73. The second-order valence-electron chi connectivity index (χ2n) is 6.45. The number of rotatable bonds is 2. The third-order valence-electron chi connectivity index (χ3n) is 4.89. The normalized spacial score (nSPS) is 26.8. The zero-order valence-corrected chi connectivity index (χ0v) is 13.5. The number of carbonyl (C=O) groups excluding carboxylic acids is 3. The Kier molecular flexibility index (Phi) is 4.20. The second-order valence-corrected chi connectivity index (χ2v) is 6.45. The maximum Gasteiger partial charge on any atom is 0.302 e. The van der Waals surface area contributed by atoms with Crippen molar-refractivity contribution in [3.63, 3.8) is 0 Å². The summed E-state index contributed by atoms with van der Waals surface area (Å²) >= 11 is 0. The van der Waals surface area contributed by atoms with Crippen molar-refractivity contribution in [2.24, 2.45) is 11.8 Å². The van der Waals surface area contributed by atoms with Crippen LogP contribution in [0.2, 0.25) is 0 Å². The van der Waals surface area contributed by atoms with E-state index in [0.717, 1.165) is 5.56 Å². The lowest BCUT2D eigenvalue weighted by Gasteiger charge is -2.34. The molecular formula is C18H21NO4. The van der Waals surface area contributed by atoms with Crippen molar-refractivity contribution >= 4 is 17.8 Å². The molecule has 23 heavy (non-hydrogen) atoms. The van der Waals surface area contributed by atoms with Crippen LogP contribution in [-0.2, 0) is 14.3 Å². The van der Waals surface area contributed by atoms with E-state index in [0.29, 0.717) is 31.4 Å². The summed E-state index contributed by atoms with van der Waals surface area (Å²) in [4.78, 5) is 37.8. The lowest BCUT2D eigenvalue weighted by Crippen LogP contribution is -2.48. The van der Waals surface area contributed by atoms with Gasteiger partial charge in [0.1, 0.15) is 6.10 Å². The molecule has 5 nitrogen and oxygen atoms in total. The summed E-state index contributed by atoms with van der Waals surface area (Å²) in [6.07, 6.45) is 1.90. The molecule has 1 aliphatic heterocycles. The molecule has 1 aliphatic carbocycles. The van der Waals surface area contributed by atoms with Crippen LogP contribution in [0.15, 0.2) is 24.3 Å². The van der Waals surface area contributed by atoms with Crippen LogP contribution < -0.4 is 0 Å². The van der Waals surface area contributed by atoms with E-state index in [-0.39, 0.29) is 35.7 Å². The maximum absolute atomic E-state index is 12.7. The van der Waals surface area contributed by atoms with E-state index < -0.39 is 0 Å². The van der Waals surface area contributed by atoms with Crippen molar-refractivity contribution in [1.29, 1.82) is 0 Å². The van der Waals surface area contributed by atoms with Crippen molar-refractivity contribution in [2.45, 2.75) is 39.2 Å². The number of ether oxygens (including phenoxy) is 1. The van der Waals surface area contributed by atoms with Gasteiger partial charge in [-0.15, -0.1) is 0 Å². The molecule has 0 bridgehead atoms. The van der Waals surface area contributed by atoms with Crippen LogP contribution in [0.4, 0.5) is 0 Å². The van der Waals surface area contributed by atoms with Gasteiger partial charge in [-0.2, -0.15) is 0 Å². The lowest BCUT2D eigenvalue weighted by atomic mass is 9.86. The number of aryl methyl sites for hydroxylation is 1. The molecule has 1 saturated carbocycles. The molecule has 1 saturated heterocycles. The Morgan fingerprint density at radius 3 is 2.48 bits per heavy atom. The Morgan fingerprint density at radius 1 is 1.13 bits per heavy atom. The second kappa shape index (κ2) is 6.14. The van der Waals surface area contributed by atoms with Crippen LogP contribution >= 0.6 is 0 Å². The minimum atomic E-state index is -0.304. The molecule has 1 heterocycles. The number of imide groups is 1. The molecule has 3 unspecified atom stereocenters. The first kappa shape index (κ1) is 15.7. The van der Waals surface area contributed by atoms with Crippen molar-refractivity contribution in [3.8, 4) is 0 Å². The summed E-state index contributed by atoms with van der Waals surface area (Å²) < 4.78 is 5.33. The molecule has 1 aromatic carbocycles. The number of esters is 1. The van der Waals surface area contributed by atoms with Crippen LogP contribution in [0.5, 0.6) is 0 Å². The average molecular weight is 315 g/mol. The fourth-order valence-electron chi connectivity index (χ4n) is 3.73. The number of benzene rings is 1. The van der Waals surface area contributed by atoms with Gasteiger partial charge in [0.2, 0.25) is 5.91 Å². The molecule has 0 radical (unpaired) electrons. The number of hydrogen-bond acceptors (Lipinski definition) is 4. The van der Waals surface area contributed by atoms with Crippen molar-refractivity contribution in [1.82, 2.24) is 4.90 Å².